The van der Waals surface area contributed by atoms with Crippen LogP contribution in [-0.2, 0) is 24.8 Å². The van der Waals surface area contributed by atoms with Gasteiger partial charge in [-0.25, -0.2) is 9.78 Å². The SMILES string of the molecule is COCCn1c(=O)n(C)c(=O)c2[nH]c(CCCN)nc21. The van der Waals surface area contributed by atoms with Crippen molar-refractivity contribution in [1.29, 1.82) is 0 Å². The highest BCUT2D eigenvalue weighted by Crippen LogP contribution is 2.07. The molecule has 0 amide bonds. The first-order chi connectivity index (χ1) is 9.60. The van der Waals surface area contributed by atoms with Gasteiger partial charge in [-0.1, -0.05) is 0 Å². The minimum atomic E-state index is -0.392. The molecule has 0 aliphatic rings. The Labute approximate surface area is 115 Å². The van der Waals surface area contributed by atoms with Crippen molar-refractivity contribution in [1.82, 2.24) is 19.1 Å². The smallest absolute Gasteiger partial charge is 0.332 e. The highest BCUT2D eigenvalue weighted by Gasteiger charge is 2.15. The van der Waals surface area contributed by atoms with Crippen LogP contribution < -0.4 is 17.0 Å². The van der Waals surface area contributed by atoms with Crippen molar-refractivity contribution in [3.8, 4) is 0 Å². The third-order valence-corrected chi connectivity index (χ3v) is 3.16. The highest BCUT2D eigenvalue weighted by molar-refractivity contribution is 5.69. The van der Waals surface area contributed by atoms with Crippen molar-refractivity contribution < 1.29 is 4.74 Å². The van der Waals surface area contributed by atoms with Crippen molar-refractivity contribution in [3.63, 3.8) is 0 Å². The number of hydrogen-bond acceptors (Lipinski definition) is 5. The third-order valence-electron chi connectivity index (χ3n) is 3.16. The van der Waals surface area contributed by atoms with Crippen LogP contribution in [-0.4, -0.2) is 39.4 Å². The molecule has 110 valence electrons. The maximum atomic E-state index is 12.1. The monoisotopic (exact) mass is 281 g/mol. The van der Waals surface area contributed by atoms with E-state index in [0.29, 0.717) is 43.1 Å². The Hall–Kier alpha value is -1.93. The van der Waals surface area contributed by atoms with E-state index in [0.717, 1.165) is 11.0 Å². The molecule has 8 heteroatoms. The molecule has 0 unspecified atom stereocenters. The number of aromatic nitrogens is 4. The average molecular weight is 281 g/mol. The van der Waals surface area contributed by atoms with Crippen LogP contribution in [0.5, 0.6) is 0 Å². The van der Waals surface area contributed by atoms with Gasteiger partial charge in [0.25, 0.3) is 5.56 Å². The lowest BCUT2D eigenvalue weighted by molar-refractivity contribution is 0.186. The molecule has 0 aromatic carbocycles. The number of fused-ring (bicyclic) bond motifs is 1. The van der Waals surface area contributed by atoms with Crippen molar-refractivity contribution in [2.45, 2.75) is 19.4 Å². The minimum absolute atomic E-state index is 0.343. The molecule has 0 aliphatic carbocycles. The van der Waals surface area contributed by atoms with Crippen LogP contribution in [0.2, 0.25) is 0 Å². The van der Waals surface area contributed by atoms with Gasteiger partial charge in [0.05, 0.1) is 13.2 Å². The fourth-order valence-electron chi connectivity index (χ4n) is 2.05. The molecular formula is C12H19N5O3. The first kappa shape index (κ1) is 14.5. The van der Waals surface area contributed by atoms with Crippen LogP contribution in [0.1, 0.15) is 12.2 Å². The van der Waals surface area contributed by atoms with Crippen LogP contribution in [0, 0.1) is 0 Å². The van der Waals surface area contributed by atoms with E-state index in [4.69, 9.17) is 10.5 Å². The zero-order valence-electron chi connectivity index (χ0n) is 11.7. The van der Waals surface area contributed by atoms with E-state index in [1.807, 2.05) is 0 Å². The van der Waals surface area contributed by atoms with Gasteiger partial charge in [-0.15, -0.1) is 0 Å². The normalized spacial score (nSPS) is 11.3. The second-order valence-corrected chi connectivity index (χ2v) is 4.57. The quantitative estimate of drug-likeness (QED) is 0.703. The Morgan fingerprint density at radius 3 is 2.80 bits per heavy atom. The van der Waals surface area contributed by atoms with Gasteiger partial charge >= 0.3 is 5.69 Å². The van der Waals surface area contributed by atoms with Crippen molar-refractivity contribution in [2.75, 3.05) is 20.3 Å². The second-order valence-electron chi connectivity index (χ2n) is 4.57. The molecule has 3 N–H and O–H groups in total. The lowest BCUT2D eigenvalue weighted by atomic mass is 10.3. The number of nitrogens with zero attached hydrogens (tertiary/aromatic N) is 3. The van der Waals surface area contributed by atoms with Gasteiger partial charge in [-0.05, 0) is 13.0 Å². The number of H-pyrrole nitrogens is 1. The summed E-state index contributed by atoms with van der Waals surface area (Å²) in [7, 11) is 3.01. The van der Waals surface area contributed by atoms with Crippen LogP contribution in [0.15, 0.2) is 9.59 Å². The van der Waals surface area contributed by atoms with Gasteiger partial charge in [-0.2, -0.15) is 0 Å². The largest absolute Gasteiger partial charge is 0.383 e. The van der Waals surface area contributed by atoms with Gasteiger partial charge in [-0.3, -0.25) is 13.9 Å². The van der Waals surface area contributed by atoms with Gasteiger partial charge in [0, 0.05) is 20.6 Å². The molecule has 2 aromatic rings. The minimum Gasteiger partial charge on any atom is -0.383 e. The number of aryl methyl sites for hydroxylation is 1. The summed E-state index contributed by atoms with van der Waals surface area (Å²) in [5.41, 5.74) is 5.42. The standard InChI is InChI=1S/C12H19N5O3/c1-16-11(18)9-10(15-8(14-9)4-3-5-13)17(12(16)19)6-7-20-2/h3-7,13H2,1-2H3,(H,14,15). The molecule has 20 heavy (non-hydrogen) atoms. The number of ether oxygens (including phenoxy) is 1. The zero-order valence-corrected chi connectivity index (χ0v) is 11.7. The summed E-state index contributed by atoms with van der Waals surface area (Å²) < 4.78 is 7.51. The highest BCUT2D eigenvalue weighted by atomic mass is 16.5. The summed E-state index contributed by atoms with van der Waals surface area (Å²) in [4.78, 5) is 31.5. The van der Waals surface area contributed by atoms with E-state index >= 15 is 0 Å². The molecule has 0 atom stereocenters. The second kappa shape index (κ2) is 6.02. The van der Waals surface area contributed by atoms with E-state index in [9.17, 15) is 9.59 Å². The predicted molar refractivity (Wildman–Crippen MR) is 74.8 cm³/mol. The fraction of sp³-hybridized carbons (Fsp3) is 0.583. The van der Waals surface area contributed by atoms with Crippen molar-refractivity contribution in [3.05, 3.63) is 26.7 Å². The molecule has 2 aromatic heterocycles. The third kappa shape index (κ3) is 2.52. The molecule has 0 spiro atoms. The summed E-state index contributed by atoms with van der Waals surface area (Å²) in [5, 5.41) is 0. The van der Waals surface area contributed by atoms with Crippen molar-refractivity contribution in [2.24, 2.45) is 12.8 Å². The van der Waals surface area contributed by atoms with Gasteiger partial charge < -0.3 is 15.5 Å². The lowest BCUT2D eigenvalue weighted by Gasteiger charge is -2.07. The Morgan fingerprint density at radius 1 is 1.40 bits per heavy atom. The Balaban J connectivity index is 2.60. The van der Waals surface area contributed by atoms with E-state index in [2.05, 4.69) is 9.97 Å². The van der Waals surface area contributed by atoms with Gasteiger partial charge in [0.1, 0.15) is 11.3 Å². The average Bonchev–Trinajstić information content (AvgIpc) is 2.87. The molecule has 0 fully saturated rings. The number of nitrogens with two attached hydrogens (primary N) is 1. The molecule has 0 radical (unpaired) electrons. The maximum Gasteiger partial charge on any atom is 0.332 e. The molecule has 0 saturated carbocycles. The number of methoxy groups -OCH3 is 1. The lowest BCUT2D eigenvalue weighted by Crippen LogP contribution is -2.38. The van der Waals surface area contributed by atoms with E-state index < -0.39 is 5.69 Å². The van der Waals surface area contributed by atoms with E-state index in [-0.39, 0.29) is 5.56 Å². The Bertz CT molecular complexity index is 712. The van der Waals surface area contributed by atoms with Crippen LogP contribution >= 0.6 is 0 Å². The van der Waals surface area contributed by atoms with Crippen LogP contribution in [0.4, 0.5) is 0 Å². The van der Waals surface area contributed by atoms with Crippen LogP contribution in [0.3, 0.4) is 0 Å². The fourth-order valence-corrected chi connectivity index (χ4v) is 2.05. The number of rotatable bonds is 6. The van der Waals surface area contributed by atoms with E-state index in [1.165, 1.54) is 11.6 Å². The number of imidazole rings is 1. The molecule has 2 rings (SSSR count). The molecule has 2 heterocycles. The molecule has 0 saturated heterocycles. The number of hydrogen-bond donors (Lipinski definition) is 2. The van der Waals surface area contributed by atoms with E-state index in [1.54, 1.807) is 7.11 Å². The topological polar surface area (TPSA) is 108 Å². The first-order valence-corrected chi connectivity index (χ1v) is 6.47. The molecule has 8 nitrogen and oxygen atoms in total. The molecule has 0 bridgehead atoms. The van der Waals surface area contributed by atoms with Crippen LogP contribution in [0.25, 0.3) is 11.2 Å². The maximum absolute atomic E-state index is 12.1. The summed E-state index contributed by atoms with van der Waals surface area (Å²) in [6.07, 6.45) is 1.41. The van der Waals surface area contributed by atoms with Crippen molar-refractivity contribution >= 4 is 11.2 Å². The molecule has 0 aliphatic heterocycles. The molecular weight excluding hydrogens is 262 g/mol. The summed E-state index contributed by atoms with van der Waals surface area (Å²) in [5.74, 6) is 0.666. The Kier molecular flexibility index (Phi) is 4.35. The first-order valence-electron chi connectivity index (χ1n) is 6.47. The summed E-state index contributed by atoms with van der Waals surface area (Å²) in [6, 6.07) is 0. The van der Waals surface area contributed by atoms with Gasteiger partial charge in [0.2, 0.25) is 0 Å². The number of nitrogens with one attached hydrogen (secondary N) is 1. The number of aromatic amines is 1. The Morgan fingerprint density at radius 2 is 2.15 bits per heavy atom. The predicted octanol–water partition coefficient (Wildman–Crippen LogP) is -1.04. The summed E-state index contributed by atoms with van der Waals surface area (Å²) >= 11 is 0. The zero-order chi connectivity index (χ0) is 14.7. The summed E-state index contributed by atoms with van der Waals surface area (Å²) in [6.45, 7) is 1.27. The van der Waals surface area contributed by atoms with Gasteiger partial charge in [0.15, 0.2) is 5.65 Å².